The van der Waals surface area contributed by atoms with Crippen LogP contribution in [0.25, 0.3) is 0 Å². The molecule has 3 fully saturated rings. The first-order valence-electron chi connectivity index (χ1n) is 7.65. The zero-order chi connectivity index (χ0) is 20.7. The zero-order valence-corrected chi connectivity index (χ0v) is 16.6. The SMILES string of the molecule is FC(F)(F)C(F)(F)C(F)(F)C(F)(F)C[C@@H](I)[Si]12OCCN(CCO1)CCO2. The van der Waals surface area contributed by atoms with Crippen molar-refractivity contribution in [1.29, 1.82) is 0 Å². The molecule has 0 N–H and O–H groups in total. The Morgan fingerprint density at radius 2 is 1.19 bits per heavy atom. The summed E-state index contributed by atoms with van der Waals surface area (Å²) in [5.74, 6) is -19.3. The summed E-state index contributed by atoms with van der Waals surface area (Å²) in [5.41, 5.74) is 0. The molecule has 0 aromatic carbocycles. The molecular weight excluding hydrogens is 532 g/mol. The highest BCUT2D eigenvalue weighted by Gasteiger charge is 2.82. The molecule has 1 atom stereocenters. The average Bonchev–Trinajstić information content (AvgIpc) is 2.43. The lowest BCUT2D eigenvalue weighted by molar-refractivity contribution is -0.396. The van der Waals surface area contributed by atoms with E-state index in [1.54, 1.807) is 0 Å². The third-order valence-electron chi connectivity index (χ3n) is 4.16. The Hall–Kier alpha value is 0.157. The Bertz CT molecular complexity index is 510. The number of hydrogen-bond donors (Lipinski definition) is 0. The molecule has 0 radical (unpaired) electrons. The van der Waals surface area contributed by atoms with E-state index in [-0.39, 0.29) is 19.8 Å². The van der Waals surface area contributed by atoms with Crippen molar-refractivity contribution in [2.45, 2.75) is 33.9 Å². The van der Waals surface area contributed by atoms with E-state index in [4.69, 9.17) is 13.3 Å². The van der Waals surface area contributed by atoms with Gasteiger partial charge < -0.3 is 13.3 Å². The average molecular weight is 547 g/mol. The van der Waals surface area contributed by atoms with Gasteiger partial charge in [0.05, 0.1) is 23.4 Å². The molecule has 0 aromatic heterocycles. The van der Waals surface area contributed by atoms with E-state index in [0.717, 1.165) is 0 Å². The van der Waals surface area contributed by atoms with Crippen LogP contribution in [0.2, 0.25) is 0 Å². The summed E-state index contributed by atoms with van der Waals surface area (Å²) >= 11 is 1.23. The van der Waals surface area contributed by atoms with Crippen LogP contribution in [-0.4, -0.2) is 80.7 Å². The fourth-order valence-corrected chi connectivity index (χ4v) is 7.17. The van der Waals surface area contributed by atoms with Crippen molar-refractivity contribution < 1.29 is 52.8 Å². The Kier molecular flexibility index (Phi) is 6.74. The van der Waals surface area contributed by atoms with Crippen LogP contribution in [0.4, 0.5) is 39.5 Å². The standard InChI is InChI=1S/C12H15F9INO3Si/c13-9(14,10(15,16)11(17,18)12(19,20)21)7-8(22)27-24-4-1-23(2-5-25-27)3-6-26-27/h8H,1-7H2/t8-/m0/s1. The van der Waals surface area contributed by atoms with E-state index in [0.29, 0.717) is 19.6 Å². The summed E-state index contributed by atoms with van der Waals surface area (Å²) in [6.45, 7) is 1.07. The second-order valence-corrected chi connectivity index (χ2v) is 11.5. The van der Waals surface area contributed by atoms with Crippen molar-refractivity contribution >= 4 is 31.4 Å². The third-order valence-corrected chi connectivity index (χ3v) is 9.68. The molecule has 15 heteroatoms. The van der Waals surface area contributed by atoms with Crippen LogP contribution in [0.3, 0.4) is 0 Å². The lowest BCUT2D eigenvalue weighted by atomic mass is 10.0. The Morgan fingerprint density at radius 1 is 0.778 bits per heavy atom. The fraction of sp³-hybridized carbons (Fsp3) is 1.00. The van der Waals surface area contributed by atoms with Crippen molar-refractivity contribution in [2.75, 3.05) is 39.5 Å². The number of hydrogen-bond acceptors (Lipinski definition) is 4. The van der Waals surface area contributed by atoms with Gasteiger partial charge in [0.2, 0.25) is 0 Å². The maximum atomic E-state index is 13.9. The molecule has 3 heterocycles. The van der Waals surface area contributed by atoms with Crippen LogP contribution in [0, 0.1) is 0 Å². The number of alkyl halides is 10. The summed E-state index contributed by atoms with van der Waals surface area (Å²) in [6.07, 6.45) is -8.87. The summed E-state index contributed by atoms with van der Waals surface area (Å²) in [4.78, 5) is 1.88. The van der Waals surface area contributed by atoms with Gasteiger partial charge in [-0.1, -0.05) is 22.6 Å². The van der Waals surface area contributed by atoms with Gasteiger partial charge in [0.1, 0.15) is 0 Å². The Labute approximate surface area is 162 Å². The zero-order valence-electron chi connectivity index (χ0n) is 13.5. The van der Waals surface area contributed by atoms with Gasteiger partial charge in [0.25, 0.3) is 0 Å². The largest absolute Gasteiger partial charge is 0.514 e. The molecule has 0 aromatic rings. The van der Waals surface area contributed by atoms with Crippen molar-refractivity contribution in [3.63, 3.8) is 0 Å². The molecule has 3 aliphatic heterocycles. The fourth-order valence-electron chi connectivity index (χ4n) is 2.57. The molecule has 3 saturated heterocycles. The van der Waals surface area contributed by atoms with Crippen molar-refractivity contribution in [1.82, 2.24) is 4.90 Å². The molecule has 160 valence electrons. The lowest BCUT2D eigenvalue weighted by Gasteiger charge is -2.41. The maximum absolute atomic E-state index is 13.9. The monoisotopic (exact) mass is 547 g/mol. The van der Waals surface area contributed by atoms with Gasteiger partial charge in [-0.25, -0.2) is 0 Å². The second kappa shape index (κ2) is 7.77. The molecule has 3 aliphatic rings. The predicted octanol–water partition coefficient (Wildman–Crippen LogP) is 3.51. The molecule has 4 nitrogen and oxygen atoms in total. The molecule has 0 unspecified atom stereocenters. The first-order valence-corrected chi connectivity index (χ1v) is 10.7. The third kappa shape index (κ3) is 4.36. The number of nitrogens with zero attached hydrogens (tertiary/aromatic N) is 1. The molecule has 3 rings (SSSR count). The highest BCUT2D eigenvalue weighted by atomic mass is 127. The second-order valence-electron chi connectivity index (χ2n) is 6.01. The minimum atomic E-state index is -6.91. The first-order chi connectivity index (χ1) is 12.2. The topological polar surface area (TPSA) is 30.9 Å². The number of halogens is 10. The van der Waals surface area contributed by atoms with Crippen LogP contribution in [-0.2, 0) is 13.3 Å². The van der Waals surface area contributed by atoms with Gasteiger partial charge >= 0.3 is 32.7 Å². The summed E-state index contributed by atoms with van der Waals surface area (Å²) in [7, 11) is -4.00. The van der Waals surface area contributed by atoms with Gasteiger partial charge in [0, 0.05) is 26.1 Å². The summed E-state index contributed by atoms with van der Waals surface area (Å²) < 4.78 is 132. The van der Waals surface area contributed by atoms with Gasteiger partial charge in [-0.05, 0) is 0 Å². The van der Waals surface area contributed by atoms with Crippen molar-refractivity contribution in [3.8, 4) is 0 Å². The number of rotatable bonds is 5. The predicted molar refractivity (Wildman–Crippen MR) is 83.4 cm³/mol. The lowest BCUT2D eigenvalue weighted by Crippen LogP contribution is -2.65. The van der Waals surface area contributed by atoms with Crippen LogP contribution in [0.5, 0.6) is 0 Å². The van der Waals surface area contributed by atoms with E-state index in [1.165, 1.54) is 22.6 Å². The molecule has 0 amide bonds. The van der Waals surface area contributed by atoms with Gasteiger partial charge in [-0.3, -0.25) is 4.90 Å². The van der Waals surface area contributed by atoms with E-state index in [1.807, 2.05) is 4.90 Å². The van der Waals surface area contributed by atoms with Gasteiger partial charge in [-0.15, -0.1) is 0 Å². The maximum Gasteiger partial charge on any atom is 0.514 e. The Morgan fingerprint density at radius 3 is 1.56 bits per heavy atom. The normalized spacial score (nSPS) is 29.8. The van der Waals surface area contributed by atoms with Crippen LogP contribution in [0.1, 0.15) is 6.42 Å². The minimum absolute atomic E-state index is 0.0353. The quantitative estimate of drug-likeness (QED) is 0.228. The van der Waals surface area contributed by atoms with E-state index >= 15 is 0 Å². The Balaban J connectivity index is 2.24. The van der Waals surface area contributed by atoms with Crippen molar-refractivity contribution in [3.05, 3.63) is 0 Å². The molecular formula is C12H15F9INO3Si. The van der Waals surface area contributed by atoms with Crippen LogP contribution < -0.4 is 0 Å². The summed E-state index contributed by atoms with van der Waals surface area (Å²) in [6, 6.07) is 0. The van der Waals surface area contributed by atoms with E-state index in [9.17, 15) is 39.5 Å². The molecule has 0 saturated carbocycles. The minimum Gasteiger partial charge on any atom is -0.371 e. The molecule has 2 bridgehead atoms. The highest BCUT2D eigenvalue weighted by Crippen LogP contribution is 2.55. The van der Waals surface area contributed by atoms with Crippen LogP contribution >= 0.6 is 22.6 Å². The van der Waals surface area contributed by atoms with E-state index in [2.05, 4.69) is 0 Å². The highest BCUT2D eigenvalue weighted by molar-refractivity contribution is 14.1. The van der Waals surface area contributed by atoms with Gasteiger partial charge in [0.15, 0.2) is 0 Å². The molecule has 0 aliphatic carbocycles. The molecule has 0 spiro atoms. The van der Waals surface area contributed by atoms with Crippen molar-refractivity contribution in [2.24, 2.45) is 0 Å². The van der Waals surface area contributed by atoms with Crippen LogP contribution in [0.15, 0.2) is 0 Å². The summed E-state index contributed by atoms with van der Waals surface area (Å²) in [5, 5.41) is 0. The molecule has 27 heavy (non-hydrogen) atoms. The number of fused-ring (bicyclic) bond motifs is 6. The first kappa shape index (κ1) is 23.4. The smallest absolute Gasteiger partial charge is 0.371 e. The van der Waals surface area contributed by atoms with Gasteiger partial charge in [-0.2, -0.15) is 39.5 Å². The van der Waals surface area contributed by atoms with E-state index < -0.39 is 42.7 Å².